The van der Waals surface area contributed by atoms with Crippen molar-refractivity contribution in [1.82, 2.24) is 10.2 Å². The van der Waals surface area contributed by atoms with Crippen LogP contribution in [0.5, 0.6) is 0 Å². The number of piperidine rings is 1. The van der Waals surface area contributed by atoms with Gasteiger partial charge in [-0.15, -0.1) is 0 Å². The summed E-state index contributed by atoms with van der Waals surface area (Å²) in [4.78, 5) is 1.86. The Morgan fingerprint density at radius 2 is 1.94 bits per heavy atom. The van der Waals surface area contributed by atoms with Crippen LogP contribution in [0.2, 0.25) is 0 Å². The standard InChI is InChI=1S/C11H20F2N2O/c12-11(13)7-15-4-1-9(2-5-15)14-10-3-6-16-8-10/h9-11,14H,1-8H2. The van der Waals surface area contributed by atoms with Gasteiger partial charge in [0.05, 0.1) is 13.2 Å². The van der Waals surface area contributed by atoms with E-state index in [1.807, 2.05) is 4.90 Å². The van der Waals surface area contributed by atoms with E-state index >= 15 is 0 Å². The fraction of sp³-hybridized carbons (Fsp3) is 1.00. The summed E-state index contributed by atoms with van der Waals surface area (Å²) in [5.41, 5.74) is 0. The van der Waals surface area contributed by atoms with Gasteiger partial charge in [0.1, 0.15) is 0 Å². The SMILES string of the molecule is FC(F)CN1CCC(NC2CCOC2)CC1. The van der Waals surface area contributed by atoms with Gasteiger partial charge in [-0.1, -0.05) is 0 Å². The minimum Gasteiger partial charge on any atom is -0.380 e. The first-order chi connectivity index (χ1) is 7.74. The minimum absolute atomic E-state index is 0.0702. The lowest BCUT2D eigenvalue weighted by atomic mass is 10.0. The maximum absolute atomic E-state index is 12.2. The van der Waals surface area contributed by atoms with Gasteiger partial charge in [-0.2, -0.15) is 0 Å². The molecule has 3 nitrogen and oxygen atoms in total. The summed E-state index contributed by atoms with van der Waals surface area (Å²) in [5, 5.41) is 3.55. The second-order valence-electron chi connectivity index (χ2n) is 4.69. The van der Waals surface area contributed by atoms with Gasteiger partial charge in [-0.05, 0) is 32.4 Å². The lowest BCUT2D eigenvalue weighted by molar-refractivity contribution is 0.0717. The van der Waals surface area contributed by atoms with E-state index in [4.69, 9.17) is 4.74 Å². The molecule has 1 atom stereocenters. The van der Waals surface area contributed by atoms with Crippen LogP contribution in [0.4, 0.5) is 8.78 Å². The third kappa shape index (κ3) is 3.64. The van der Waals surface area contributed by atoms with Crippen LogP contribution in [0.15, 0.2) is 0 Å². The zero-order valence-corrected chi connectivity index (χ0v) is 9.50. The highest BCUT2D eigenvalue weighted by molar-refractivity contribution is 4.82. The second-order valence-corrected chi connectivity index (χ2v) is 4.69. The van der Waals surface area contributed by atoms with Gasteiger partial charge in [-0.3, -0.25) is 4.90 Å². The Labute approximate surface area is 95.1 Å². The molecule has 0 aromatic carbocycles. The lowest BCUT2D eigenvalue weighted by Gasteiger charge is -2.33. The van der Waals surface area contributed by atoms with Crippen molar-refractivity contribution in [3.63, 3.8) is 0 Å². The Kier molecular flexibility index (Phi) is 4.49. The first-order valence-electron chi connectivity index (χ1n) is 6.08. The molecule has 2 saturated heterocycles. The Hall–Kier alpha value is -0.260. The number of halogens is 2. The van der Waals surface area contributed by atoms with Crippen LogP contribution in [-0.2, 0) is 4.74 Å². The van der Waals surface area contributed by atoms with E-state index in [0.29, 0.717) is 12.1 Å². The van der Waals surface area contributed by atoms with Crippen molar-refractivity contribution >= 4 is 0 Å². The second kappa shape index (κ2) is 5.89. The molecule has 0 radical (unpaired) electrons. The molecule has 1 unspecified atom stereocenters. The summed E-state index contributed by atoms with van der Waals surface area (Å²) in [6.07, 6.45) is 0.830. The van der Waals surface area contributed by atoms with Gasteiger partial charge >= 0.3 is 0 Å². The molecule has 0 aliphatic carbocycles. The van der Waals surface area contributed by atoms with Crippen molar-refractivity contribution < 1.29 is 13.5 Å². The largest absolute Gasteiger partial charge is 0.380 e. The van der Waals surface area contributed by atoms with Crippen LogP contribution in [0.25, 0.3) is 0 Å². The summed E-state index contributed by atoms with van der Waals surface area (Å²) in [5.74, 6) is 0. The summed E-state index contributed by atoms with van der Waals surface area (Å²) in [6, 6.07) is 0.965. The van der Waals surface area contributed by atoms with Crippen LogP contribution in [-0.4, -0.2) is 56.3 Å². The maximum Gasteiger partial charge on any atom is 0.251 e. The number of nitrogens with one attached hydrogen (secondary N) is 1. The van der Waals surface area contributed by atoms with E-state index in [9.17, 15) is 8.78 Å². The molecule has 0 bridgehead atoms. The maximum atomic E-state index is 12.2. The quantitative estimate of drug-likeness (QED) is 0.788. The number of rotatable bonds is 4. The summed E-state index contributed by atoms with van der Waals surface area (Å²) in [7, 11) is 0. The predicted molar refractivity (Wildman–Crippen MR) is 57.8 cm³/mol. The highest BCUT2D eigenvalue weighted by atomic mass is 19.3. The zero-order chi connectivity index (χ0) is 11.4. The van der Waals surface area contributed by atoms with E-state index in [1.165, 1.54) is 0 Å². The molecule has 2 aliphatic heterocycles. The lowest BCUT2D eigenvalue weighted by Crippen LogP contribution is -2.47. The first-order valence-corrected chi connectivity index (χ1v) is 6.08. The molecule has 2 heterocycles. The van der Waals surface area contributed by atoms with Crippen LogP contribution in [0.3, 0.4) is 0 Å². The topological polar surface area (TPSA) is 24.5 Å². The van der Waals surface area contributed by atoms with E-state index in [-0.39, 0.29) is 6.54 Å². The Morgan fingerprint density at radius 1 is 1.19 bits per heavy atom. The van der Waals surface area contributed by atoms with Crippen molar-refractivity contribution in [3.8, 4) is 0 Å². The molecule has 2 fully saturated rings. The van der Waals surface area contributed by atoms with Crippen LogP contribution in [0, 0.1) is 0 Å². The summed E-state index contributed by atoms with van der Waals surface area (Å²) < 4.78 is 29.6. The van der Waals surface area contributed by atoms with Crippen molar-refractivity contribution in [2.45, 2.75) is 37.8 Å². The van der Waals surface area contributed by atoms with Gasteiger partial charge in [0.25, 0.3) is 6.43 Å². The summed E-state index contributed by atoms with van der Waals surface area (Å²) >= 11 is 0. The smallest absolute Gasteiger partial charge is 0.251 e. The van der Waals surface area contributed by atoms with Crippen LogP contribution >= 0.6 is 0 Å². The number of nitrogens with zero attached hydrogens (tertiary/aromatic N) is 1. The molecule has 2 rings (SSSR count). The van der Waals surface area contributed by atoms with E-state index < -0.39 is 6.43 Å². The van der Waals surface area contributed by atoms with Gasteiger partial charge < -0.3 is 10.1 Å². The van der Waals surface area contributed by atoms with Gasteiger partial charge in [-0.25, -0.2) is 8.78 Å². The Morgan fingerprint density at radius 3 is 2.50 bits per heavy atom. The highest BCUT2D eigenvalue weighted by Gasteiger charge is 2.24. The Bertz CT molecular complexity index is 202. The number of alkyl halides is 2. The molecular formula is C11H20F2N2O. The van der Waals surface area contributed by atoms with Crippen molar-refractivity contribution in [1.29, 1.82) is 0 Å². The number of likely N-dealkylation sites (tertiary alicyclic amines) is 1. The van der Waals surface area contributed by atoms with Crippen LogP contribution < -0.4 is 5.32 Å². The fourth-order valence-corrected chi connectivity index (χ4v) is 2.48. The predicted octanol–water partition coefficient (Wildman–Crippen LogP) is 1.09. The van der Waals surface area contributed by atoms with Crippen molar-refractivity contribution in [2.75, 3.05) is 32.8 Å². The molecule has 0 aromatic heterocycles. The zero-order valence-electron chi connectivity index (χ0n) is 9.50. The molecule has 0 aromatic rings. The van der Waals surface area contributed by atoms with E-state index in [0.717, 1.165) is 45.6 Å². The molecule has 16 heavy (non-hydrogen) atoms. The van der Waals surface area contributed by atoms with Crippen LogP contribution in [0.1, 0.15) is 19.3 Å². The van der Waals surface area contributed by atoms with Crippen molar-refractivity contribution in [3.05, 3.63) is 0 Å². The molecule has 2 aliphatic rings. The minimum atomic E-state index is -2.20. The van der Waals surface area contributed by atoms with E-state index in [1.54, 1.807) is 0 Å². The van der Waals surface area contributed by atoms with Crippen molar-refractivity contribution in [2.24, 2.45) is 0 Å². The monoisotopic (exact) mass is 234 g/mol. The number of hydrogen-bond donors (Lipinski definition) is 1. The number of ether oxygens (including phenoxy) is 1. The molecule has 0 spiro atoms. The molecule has 1 N–H and O–H groups in total. The summed E-state index contributed by atoms with van der Waals surface area (Å²) in [6.45, 7) is 3.16. The fourth-order valence-electron chi connectivity index (χ4n) is 2.48. The normalized spacial score (nSPS) is 29.1. The molecule has 94 valence electrons. The third-order valence-electron chi connectivity index (χ3n) is 3.38. The number of hydrogen-bond acceptors (Lipinski definition) is 3. The molecular weight excluding hydrogens is 214 g/mol. The average molecular weight is 234 g/mol. The van der Waals surface area contributed by atoms with Gasteiger partial charge in [0, 0.05) is 18.7 Å². The molecule has 5 heteroatoms. The highest BCUT2D eigenvalue weighted by Crippen LogP contribution is 2.14. The third-order valence-corrected chi connectivity index (χ3v) is 3.38. The van der Waals surface area contributed by atoms with Gasteiger partial charge in [0.2, 0.25) is 0 Å². The molecule has 0 amide bonds. The molecule has 0 saturated carbocycles. The van der Waals surface area contributed by atoms with E-state index in [2.05, 4.69) is 5.32 Å². The van der Waals surface area contributed by atoms with Gasteiger partial charge in [0.15, 0.2) is 0 Å². The first kappa shape index (κ1) is 12.2. The Balaban J connectivity index is 1.64. The average Bonchev–Trinajstić information content (AvgIpc) is 2.73.